The summed E-state index contributed by atoms with van der Waals surface area (Å²) >= 11 is 1.62. The van der Waals surface area contributed by atoms with Gasteiger partial charge in [0.1, 0.15) is 11.7 Å². The molecule has 0 bridgehead atoms. The molecule has 1 aliphatic rings. The molecule has 4 aromatic rings. The second-order valence-corrected chi connectivity index (χ2v) is 12.3. The quantitative estimate of drug-likeness (QED) is 0.280. The molecular weight excluding hydrogens is 590 g/mol. The van der Waals surface area contributed by atoms with E-state index in [1.807, 2.05) is 62.6 Å². The molecule has 13 heteroatoms. The van der Waals surface area contributed by atoms with Gasteiger partial charge in [-0.2, -0.15) is 22.0 Å². The molecule has 3 amide bonds. The van der Waals surface area contributed by atoms with Crippen molar-refractivity contribution in [3.63, 3.8) is 0 Å². The Labute approximate surface area is 266 Å². The number of benzene rings is 1. The van der Waals surface area contributed by atoms with E-state index < -0.39 is 12.1 Å². The van der Waals surface area contributed by atoms with E-state index in [2.05, 4.69) is 25.8 Å². The van der Waals surface area contributed by atoms with Crippen LogP contribution in [0.2, 0.25) is 0 Å². The number of carbonyl (C=O) groups excluding carboxylic acids is 3. The van der Waals surface area contributed by atoms with Crippen LogP contribution in [0, 0.1) is 5.92 Å². The van der Waals surface area contributed by atoms with Crippen LogP contribution in [-0.2, 0) is 16.1 Å². The summed E-state index contributed by atoms with van der Waals surface area (Å²) in [5.74, 6) is 1.12. The molecule has 0 saturated carbocycles. The summed E-state index contributed by atoms with van der Waals surface area (Å²) < 4.78 is 1.80. The van der Waals surface area contributed by atoms with Gasteiger partial charge >= 0.3 is 0 Å². The SMILES string of the molecule is CSCC[C@@H]1NC(=O)CCCN(C(=O)c2cc(-c3ccncc3)n[nH]2)CCn2nc(-c3ccccc3)nc2[C@@H](C(C)C)NC1=O. The van der Waals surface area contributed by atoms with Gasteiger partial charge in [-0.05, 0) is 49.0 Å². The maximum Gasteiger partial charge on any atom is 0.271 e. The number of nitrogens with zero attached hydrogens (tertiary/aromatic N) is 6. The summed E-state index contributed by atoms with van der Waals surface area (Å²) in [6.45, 7) is 5.01. The van der Waals surface area contributed by atoms with Crippen LogP contribution in [0.5, 0.6) is 0 Å². The van der Waals surface area contributed by atoms with Gasteiger partial charge in [-0.25, -0.2) is 9.67 Å². The predicted octanol–water partition coefficient (Wildman–Crippen LogP) is 3.72. The lowest BCUT2D eigenvalue weighted by Crippen LogP contribution is -2.49. The van der Waals surface area contributed by atoms with Crippen LogP contribution in [0.3, 0.4) is 0 Å². The molecule has 4 heterocycles. The normalized spacial score (nSPS) is 18.2. The lowest BCUT2D eigenvalue weighted by molar-refractivity contribution is -0.129. The number of hydrogen-bond acceptors (Lipinski definition) is 8. The summed E-state index contributed by atoms with van der Waals surface area (Å²) in [5.41, 5.74) is 2.68. The molecule has 0 radical (unpaired) electrons. The zero-order chi connectivity index (χ0) is 31.8. The molecule has 236 valence electrons. The third-order valence-corrected chi connectivity index (χ3v) is 8.37. The average molecular weight is 630 g/mol. The minimum Gasteiger partial charge on any atom is -0.344 e. The number of fused-ring (bicyclic) bond motifs is 1. The standard InChI is InChI=1S/C32H39N9O3S/c1-21(2)28-30-36-29(23-8-5-4-6-9-23)39-41(30)18-17-40(16-7-10-27(42)34-24(13-19-45-3)31(43)35-28)32(44)26-20-25(37-38-26)22-11-14-33-15-12-22/h4-6,8-9,11-12,14-15,20-21,24,28H,7,10,13,16-19H2,1-3H3,(H,34,42)(H,35,43)(H,37,38)/t24-,28+/m0/s1. The zero-order valence-electron chi connectivity index (χ0n) is 25.8. The lowest BCUT2D eigenvalue weighted by atomic mass is 10.0. The third kappa shape index (κ3) is 7.96. The second-order valence-electron chi connectivity index (χ2n) is 11.3. The average Bonchev–Trinajstić information content (AvgIpc) is 3.72. The Kier molecular flexibility index (Phi) is 10.6. The summed E-state index contributed by atoms with van der Waals surface area (Å²) in [5, 5.41) is 18.2. The summed E-state index contributed by atoms with van der Waals surface area (Å²) in [6.07, 6.45) is 6.42. The van der Waals surface area contributed by atoms with Crippen molar-refractivity contribution in [3.8, 4) is 22.6 Å². The van der Waals surface area contributed by atoms with Gasteiger partial charge in [0.15, 0.2) is 11.6 Å². The van der Waals surface area contributed by atoms with Crippen molar-refractivity contribution in [1.82, 2.24) is 45.5 Å². The number of thioether (sulfide) groups is 1. The topological polar surface area (TPSA) is 151 Å². The first kappa shape index (κ1) is 31.9. The molecule has 12 nitrogen and oxygen atoms in total. The molecule has 0 fully saturated rings. The van der Waals surface area contributed by atoms with Crippen LogP contribution in [-0.4, -0.2) is 83.7 Å². The van der Waals surface area contributed by atoms with Gasteiger partial charge in [0.25, 0.3) is 5.91 Å². The molecule has 1 aliphatic heterocycles. The van der Waals surface area contributed by atoms with Gasteiger partial charge in [-0.1, -0.05) is 44.2 Å². The number of pyridine rings is 1. The number of nitrogens with one attached hydrogen (secondary N) is 3. The van der Waals surface area contributed by atoms with Crippen molar-refractivity contribution in [1.29, 1.82) is 0 Å². The van der Waals surface area contributed by atoms with E-state index in [0.29, 0.717) is 61.3 Å². The molecule has 3 N–H and O–H groups in total. The molecule has 3 aromatic heterocycles. The largest absolute Gasteiger partial charge is 0.344 e. The van der Waals surface area contributed by atoms with E-state index in [1.165, 1.54) is 0 Å². The lowest BCUT2D eigenvalue weighted by Gasteiger charge is -2.27. The van der Waals surface area contributed by atoms with Gasteiger partial charge in [-0.15, -0.1) is 0 Å². The first-order valence-corrected chi connectivity index (χ1v) is 16.6. The fraction of sp³-hybridized carbons (Fsp3) is 0.406. The molecule has 0 unspecified atom stereocenters. The monoisotopic (exact) mass is 629 g/mol. The molecule has 5 rings (SSSR count). The van der Waals surface area contributed by atoms with Crippen molar-refractivity contribution in [2.45, 2.75) is 51.7 Å². The Morgan fingerprint density at radius 1 is 1.02 bits per heavy atom. The van der Waals surface area contributed by atoms with Crippen LogP contribution in [0.15, 0.2) is 60.9 Å². The van der Waals surface area contributed by atoms with E-state index >= 15 is 0 Å². The molecule has 0 aliphatic carbocycles. The van der Waals surface area contributed by atoms with E-state index in [0.717, 1.165) is 11.1 Å². The smallest absolute Gasteiger partial charge is 0.271 e. The number of aromatic amines is 1. The van der Waals surface area contributed by atoms with E-state index in [4.69, 9.17) is 10.1 Å². The Hall–Kier alpha value is -4.52. The van der Waals surface area contributed by atoms with Gasteiger partial charge in [0.2, 0.25) is 11.8 Å². The Balaban J connectivity index is 1.49. The minimum atomic E-state index is -0.687. The highest BCUT2D eigenvalue weighted by atomic mass is 32.2. The van der Waals surface area contributed by atoms with Gasteiger partial charge in [0.05, 0.1) is 18.3 Å². The number of amides is 3. The van der Waals surface area contributed by atoms with E-state index in [-0.39, 0.29) is 30.1 Å². The van der Waals surface area contributed by atoms with Crippen LogP contribution >= 0.6 is 11.8 Å². The Bertz CT molecular complexity index is 1590. The number of H-pyrrole nitrogens is 1. The van der Waals surface area contributed by atoms with Crippen molar-refractivity contribution in [2.75, 3.05) is 25.1 Å². The Morgan fingerprint density at radius 2 is 1.80 bits per heavy atom. The van der Waals surface area contributed by atoms with Crippen LogP contribution in [0.25, 0.3) is 22.6 Å². The molecule has 1 aromatic carbocycles. The Morgan fingerprint density at radius 3 is 2.53 bits per heavy atom. The number of carbonyl (C=O) groups is 3. The summed E-state index contributed by atoms with van der Waals surface area (Å²) in [6, 6.07) is 13.9. The van der Waals surface area contributed by atoms with Crippen LogP contribution in [0.4, 0.5) is 0 Å². The van der Waals surface area contributed by atoms with Gasteiger partial charge in [-0.3, -0.25) is 24.5 Å². The first-order valence-electron chi connectivity index (χ1n) is 15.2. The highest BCUT2D eigenvalue weighted by Crippen LogP contribution is 2.25. The molecule has 0 saturated heterocycles. The minimum absolute atomic E-state index is 0.0281. The highest BCUT2D eigenvalue weighted by Gasteiger charge is 2.30. The van der Waals surface area contributed by atoms with E-state index in [9.17, 15) is 14.4 Å². The molecule has 0 spiro atoms. The zero-order valence-corrected chi connectivity index (χ0v) is 26.6. The molecule has 2 atom stereocenters. The second kappa shape index (κ2) is 15.0. The number of rotatable bonds is 7. The number of hydrogen-bond donors (Lipinski definition) is 3. The maximum atomic E-state index is 13.8. The fourth-order valence-corrected chi connectivity index (χ4v) is 5.72. The first-order chi connectivity index (χ1) is 21.8. The summed E-state index contributed by atoms with van der Waals surface area (Å²) in [7, 11) is 0. The van der Waals surface area contributed by atoms with Gasteiger partial charge < -0.3 is 15.5 Å². The van der Waals surface area contributed by atoms with Crippen molar-refractivity contribution in [3.05, 3.63) is 72.4 Å². The van der Waals surface area contributed by atoms with E-state index in [1.54, 1.807) is 39.8 Å². The third-order valence-electron chi connectivity index (χ3n) is 7.72. The van der Waals surface area contributed by atoms with Crippen molar-refractivity contribution >= 4 is 29.5 Å². The maximum absolute atomic E-state index is 13.8. The van der Waals surface area contributed by atoms with Crippen molar-refractivity contribution < 1.29 is 14.4 Å². The molecular formula is C32H39N9O3S. The van der Waals surface area contributed by atoms with Gasteiger partial charge in [0, 0.05) is 43.0 Å². The van der Waals surface area contributed by atoms with Crippen molar-refractivity contribution in [2.24, 2.45) is 5.92 Å². The van der Waals surface area contributed by atoms with Crippen LogP contribution < -0.4 is 10.6 Å². The number of aromatic nitrogens is 6. The van der Waals surface area contributed by atoms with Crippen LogP contribution in [0.1, 0.15) is 55.5 Å². The predicted molar refractivity (Wildman–Crippen MR) is 173 cm³/mol. The highest BCUT2D eigenvalue weighted by molar-refractivity contribution is 7.98. The summed E-state index contributed by atoms with van der Waals surface area (Å²) in [4.78, 5) is 51.1. The fourth-order valence-electron chi connectivity index (χ4n) is 5.25. The molecule has 45 heavy (non-hydrogen) atoms.